The molecule has 26 heavy (non-hydrogen) atoms. The van der Waals surface area contributed by atoms with Gasteiger partial charge in [-0.2, -0.15) is 0 Å². The fraction of sp³-hybridized carbons (Fsp3) is 0.273. The molecular weight excluding hydrogens is 454 g/mol. The zero-order chi connectivity index (χ0) is 16.2. The van der Waals surface area contributed by atoms with E-state index >= 15 is 0 Å². The van der Waals surface area contributed by atoms with Crippen molar-refractivity contribution in [2.75, 3.05) is 0 Å². The molecule has 0 bridgehead atoms. The third-order valence-electron chi connectivity index (χ3n) is 5.78. The van der Waals surface area contributed by atoms with Crippen LogP contribution in [0.1, 0.15) is 47.2 Å². The van der Waals surface area contributed by atoms with Crippen molar-refractivity contribution in [2.45, 2.75) is 38.0 Å². The summed E-state index contributed by atoms with van der Waals surface area (Å²) in [5, 5.41) is 0. The third kappa shape index (κ3) is 3.63. The smallest absolute Gasteiger partial charge is 1.00 e. The van der Waals surface area contributed by atoms with Crippen LogP contribution in [0.15, 0.2) is 59.7 Å². The molecule has 0 aliphatic heterocycles. The molecule has 4 heteroatoms. The minimum Gasteiger partial charge on any atom is -1.00 e. The number of rotatable bonds is 2. The molecular formula is C22H24Cl2SiZr. The second-order valence-corrected chi connectivity index (χ2v) is 12.5. The van der Waals surface area contributed by atoms with Gasteiger partial charge in [-0.25, -0.2) is 0 Å². The van der Waals surface area contributed by atoms with Crippen molar-refractivity contribution >= 4 is 20.2 Å². The van der Waals surface area contributed by atoms with Gasteiger partial charge < -0.3 is 24.8 Å². The summed E-state index contributed by atoms with van der Waals surface area (Å²) in [6, 6.07) is 18.0. The number of hydrogen-bond donors (Lipinski definition) is 0. The molecule has 0 heterocycles. The SMILES string of the molecule is CC1=Cc2ccccc2C1[Si](C)(C)C1C(C)=Cc2ccccc21.[Cl-].[Cl-].[Zr+2]. The largest absolute Gasteiger partial charge is 2.00 e. The maximum Gasteiger partial charge on any atom is 2.00 e. The predicted molar refractivity (Wildman–Crippen MR) is 103 cm³/mol. The van der Waals surface area contributed by atoms with Crippen molar-refractivity contribution in [2.24, 2.45) is 0 Å². The molecule has 0 amide bonds. The quantitative estimate of drug-likeness (QED) is 0.541. The summed E-state index contributed by atoms with van der Waals surface area (Å²) in [7, 11) is -1.60. The Labute approximate surface area is 190 Å². The van der Waals surface area contributed by atoms with E-state index in [1.807, 2.05) is 0 Å². The van der Waals surface area contributed by atoms with Crippen LogP contribution < -0.4 is 24.8 Å². The Bertz CT molecular complexity index is 785. The van der Waals surface area contributed by atoms with Gasteiger partial charge in [-0.15, -0.1) is 0 Å². The van der Waals surface area contributed by atoms with Gasteiger partial charge in [0.15, 0.2) is 0 Å². The van der Waals surface area contributed by atoms with Gasteiger partial charge in [0, 0.05) is 11.1 Å². The predicted octanol–water partition coefficient (Wildman–Crippen LogP) is 0.180. The summed E-state index contributed by atoms with van der Waals surface area (Å²) >= 11 is 0. The first-order valence-corrected chi connectivity index (χ1v) is 11.7. The fourth-order valence-electron chi connectivity index (χ4n) is 5.10. The van der Waals surface area contributed by atoms with Gasteiger partial charge in [0.25, 0.3) is 0 Å². The minimum atomic E-state index is -1.60. The van der Waals surface area contributed by atoms with Crippen molar-refractivity contribution < 1.29 is 51.0 Å². The van der Waals surface area contributed by atoms with Crippen LogP contribution in [0.2, 0.25) is 13.1 Å². The molecule has 0 aromatic heterocycles. The van der Waals surface area contributed by atoms with Crippen molar-refractivity contribution in [3.63, 3.8) is 0 Å². The Balaban J connectivity index is 0.00000113. The van der Waals surface area contributed by atoms with Crippen LogP contribution in [0.3, 0.4) is 0 Å². The first kappa shape index (κ1) is 23.6. The average molecular weight is 479 g/mol. The average Bonchev–Trinajstić information content (AvgIpc) is 3.02. The van der Waals surface area contributed by atoms with Crippen LogP contribution >= 0.6 is 0 Å². The Morgan fingerprint density at radius 1 is 0.654 bits per heavy atom. The summed E-state index contributed by atoms with van der Waals surface area (Å²) in [4.78, 5) is 0. The summed E-state index contributed by atoms with van der Waals surface area (Å²) in [6.07, 6.45) is 4.82. The zero-order valence-electron chi connectivity index (χ0n) is 15.7. The Kier molecular flexibility index (Phi) is 7.94. The fourth-order valence-corrected chi connectivity index (χ4v) is 10.1. The maximum absolute atomic E-state index is 2.58. The third-order valence-corrected chi connectivity index (χ3v) is 10.3. The van der Waals surface area contributed by atoms with Crippen molar-refractivity contribution in [1.29, 1.82) is 0 Å². The van der Waals surface area contributed by atoms with Gasteiger partial charge in [-0.1, -0.05) is 84.9 Å². The van der Waals surface area contributed by atoms with Gasteiger partial charge in [0.05, 0.1) is 8.07 Å². The van der Waals surface area contributed by atoms with Crippen LogP contribution in [-0.4, -0.2) is 8.07 Å². The molecule has 0 spiro atoms. The van der Waals surface area contributed by atoms with Crippen LogP contribution in [0, 0.1) is 0 Å². The van der Waals surface area contributed by atoms with E-state index in [1.165, 1.54) is 11.1 Å². The Morgan fingerprint density at radius 2 is 1.00 bits per heavy atom. The molecule has 2 aliphatic rings. The number of halogens is 2. The minimum absolute atomic E-state index is 0. The van der Waals surface area contributed by atoms with Gasteiger partial charge in [-0.05, 0) is 36.1 Å². The Hall–Kier alpha value is -0.400. The van der Waals surface area contributed by atoms with Gasteiger partial charge in [0.2, 0.25) is 0 Å². The molecule has 4 rings (SSSR count). The van der Waals surface area contributed by atoms with E-state index in [0.717, 1.165) is 0 Å². The second-order valence-electron chi connectivity index (χ2n) is 7.72. The molecule has 134 valence electrons. The summed E-state index contributed by atoms with van der Waals surface area (Å²) in [5.41, 5.74) is 10.3. The Morgan fingerprint density at radius 3 is 1.38 bits per heavy atom. The number of fused-ring (bicyclic) bond motifs is 2. The van der Waals surface area contributed by atoms with Crippen LogP contribution in [0.25, 0.3) is 12.2 Å². The summed E-state index contributed by atoms with van der Waals surface area (Å²) < 4.78 is 0. The second kappa shape index (κ2) is 8.74. The van der Waals surface area contributed by atoms with Crippen molar-refractivity contribution in [1.82, 2.24) is 0 Å². The molecule has 2 atom stereocenters. The molecule has 2 unspecified atom stereocenters. The van der Waals surface area contributed by atoms with E-state index in [9.17, 15) is 0 Å². The van der Waals surface area contributed by atoms with Crippen LogP contribution in [-0.2, 0) is 26.2 Å². The molecule has 2 aromatic rings. The number of allylic oxidation sites excluding steroid dienone is 2. The molecule has 0 saturated heterocycles. The van der Waals surface area contributed by atoms with E-state index in [2.05, 4.69) is 87.6 Å². The normalized spacial score (nSPS) is 19.8. The monoisotopic (exact) mass is 476 g/mol. The molecule has 0 nitrogen and oxygen atoms in total. The zero-order valence-corrected chi connectivity index (χ0v) is 20.7. The van der Waals surface area contributed by atoms with Gasteiger partial charge in [0.1, 0.15) is 0 Å². The van der Waals surface area contributed by atoms with E-state index in [0.29, 0.717) is 11.1 Å². The first-order chi connectivity index (χ1) is 11.0. The molecule has 0 N–H and O–H groups in total. The topological polar surface area (TPSA) is 0 Å². The van der Waals surface area contributed by atoms with Crippen LogP contribution in [0.5, 0.6) is 0 Å². The van der Waals surface area contributed by atoms with E-state index in [1.54, 1.807) is 22.3 Å². The van der Waals surface area contributed by atoms with Gasteiger partial charge >= 0.3 is 26.2 Å². The maximum atomic E-state index is 2.58. The molecule has 2 aliphatic carbocycles. The molecule has 0 radical (unpaired) electrons. The number of hydrogen-bond acceptors (Lipinski definition) is 0. The molecule has 2 aromatic carbocycles. The van der Waals surface area contributed by atoms with E-state index < -0.39 is 8.07 Å². The summed E-state index contributed by atoms with van der Waals surface area (Å²) in [6.45, 7) is 9.83. The van der Waals surface area contributed by atoms with Crippen molar-refractivity contribution in [3.05, 3.63) is 81.9 Å². The van der Waals surface area contributed by atoms with E-state index in [-0.39, 0.29) is 51.0 Å². The molecule has 0 saturated carbocycles. The van der Waals surface area contributed by atoms with E-state index in [4.69, 9.17) is 0 Å². The van der Waals surface area contributed by atoms with Crippen LogP contribution in [0.4, 0.5) is 0 Å². The summed E-state index contributed by atoms with van der Waals surface area (Å²) in [5.74, 6) is 0. The molecule has 0 fully saturated rings. The van der Waals surface area contributed by atoms with Crippen molar-refractivity contribution in [3.8, 4) is 0 Å². The standard InChI is InChI=1S/C22H24Si.2ClH.Zr/c1-15-13-17-9-5-7-11-19(17)21(15)23(3,4)22-16(2)14-18-10-6-8-12-20(18)22;;;/h5-14,21-22H,1-4H3;2*1H;/q;;;+2/p-2. The van der Waals surface area contributed by atoms with Gasteiger partial charge in [-0.3, -0.25) is 0 Å². The first-order valence-electron chi connectivity index (χ1n) is 8.54. The number of benzene rings is 2.